The molecule has 18 heavy (non-hydrogen) atoms. The van der Waals surface area contributed by atoms with E-state index >= 15 is 0 Å². The molecule has 1 rings (SSSR count). The summed E-state index contributed by atoms with van der Waals surface area (Å²) in [6, 6.07) is 4.51. The molecule has 0 unspecified atom stereocenters. The van der Waals surface area contributed by atoms with E-state index in [4.69, 9.17) is 14.6 Å². The molecule has 0 aliphatic heterocycles. The maximum absolute atomic E-state index is 10.2. The van der Waals surface area contributed by atoms with E-state index < -0.39 is 0 Å². The van der Waals surface area contributed by atoms with Gasteiger partial charge in [-0.3, -0.25) is 4.79 Å². The van der Waals surface area contributed by atoms with E-state index in [9.17, 15) is 4.79 Å². The number of hydrogen-bond acceptors (Lipinski definition) is 4. The van der Waals surface area contributed by atoms with Crippen molar-refractivity contribution in [3.8, 4) is 11.5 Å². The molecule has 0 fully saturated rings. The lowest BCUT2D eigenvalue weighted by atomic mass is 10.2. The molecule has 0 aliphatic rings. The first-order chi connectivity index (χ1) is 8.69. The quantitative estimate of drug-likeness (QED) is 0.497. The predicted octanol–water partition coefficient (Wildman–Crippen LogP) is 3.02. The number of unbranched alkanes of at least 4 members (excludes halogenated alkanes) is 1. The van der Waals surface area contributed by atoms with Crippen LogP contribution in [0.2, 0.25) is 0 Å². The van der Waals surface area contributed by atoms with E-state index in [0.717, 1.165) is 11.9 Å². The third-order valence-electron chi connectivity index (χ3n) is 2.10. The second kappa shape index (κ2) is 11.0. The first kappa shape index (κ1) is 16.9. The summed E-state index contributed by atoms with van der Waals surface area (Å²) in [5.41, 5.74) is 0.269. The molecule has 0 aromatic heterocycles. The lowest BCUT2D eigenvalue weighted by Gasteiger charge is -2.00. The van der Waals surface area contributed by atoms with Crippen LogP contribution in [0.5, 0.6) is 11.5 Å². The Labute approximate surface area is 116 Å². The molecule has 1 aromatic rings. The minimum Gasteiger partial charge on any atom is -0.507 e. The van der Waals surface area contributed by atoms with Gasteiger partial charge in [0.25, 0.3) is 0 Å². The van der Waals surface area contributed by atoms with Crippen molar-refractivity contribution in [3.63, 3.8) is 0 Å². The van der Waals surface area contributed by atoms with Crippen molar-refractivity contribution in [2.45, 2.75) is 12.8 Å². The SMILES string of the molecule is COCCCCBr.COc1ccc(C=O)c(O)c1. The summed E-state index contributed by atoms with van der Waals surface area (Å²) in [6.45, 7) is 0.894. The molecule has 0 heterocycles. The van der Waals surface area contributed by atoms with Crippen LogP contribution >= 0.6 is 15.9 Å². The van der Waals surface area contributed by atoms with Crippen molar-refractivity contribution in [1.82, 2.24) is 0 Å². The Hall–Kier alpha value is -1.07. The van der Waals surface area contributed by atoms with Gasteiger partial charge in [0.05, 0.1) is 12.7 Å². The minimum absolute atomic E-state index is 0.0562. The number of carbonyl (C=O) groups excluding carboxylic acids is 1. The van der Waals surface area contributed by atoms with Gasteiger partial charge in [0.15, 0.2) is 6.29 Å². The van der Waals surface area contributed by atoms with Gasteiger partial charge < -0.3 is 14.6 Å². The van der Waals surface area contributed by atoms with Gasteiger partial charge in [-0.25, -0.2) is 0 Å². The summed E-state index contributed by atoms with van der Waals surface area (Å²) in [5, 5.41) is 10.2. The molecule has 0 spiro atoms. The zero-order chi connectivity index (χ0) is 13.8. The molecule has 0 atom stereocenters. The number of phenolic OH excluding ortho intramolecular Hbond substituents is 1. The first-order valence-electron chi connectivity index (χ1n) is 5.56. The number of hydrogen-bond donors (Lipinski definition) is 1. The molecular weight excluding hydrogens is 300 g/mol. The molecule has 0 saturated carbocycles. The Balaban J connectivity index is 0.000000360. The van der Waals surface area contributed by atoms with Crippen LogP contribution in [0.1, 0.15) is 23.2 Å². The molecule has 0 aliphatic carbocycles. The average Bonchev–Trinajstić information content (AvgIpc) is 2.40. The van der Waals surface area contributed by atoms with Crippen molar-refractivity contribution in [1.29, 1.82) is 0 Å². The van der Waals surface area contributed by atoms with E-state index in [-0.39, 0.29) is 11.3 Å². The minimum atomic E-state index is -0.0562. The maximum Gasteiger partial charge on any atom is 0.153 e. The van der Waals surface area contributed by atoms with E-state index in [2.05, 4.69) is 15.9 Å². The van der Waals surface area contributed by atoms with Crippen molar-refractivity contribution in [2.75, 3.05) is 26.2 Å². The smallest absolute Gasteiger partial charge is 0.153 e. The van der Waals surface area contributed by atoms with Crippen molar-refractivity contribution in [3.05, 3.63) is 23.8 Å². The number of aromatic hydroxyl groups is 1. The molecule has 0 bridgehead atoms. The molecule has 0 radical (unpaired) electrons. The lowest BCUT2D eigenvalue weighted by Crippen LogP contribution is -1.87. The highest BCUT2D eigenvalue weighted by Gasteiger charge is 1.99. The molecule has 0 saturated heterocycles. The summed E-state index contributed by atoms with van der Waals surface area (Å²) in [5.74, 6) is 0.479. The van der Waals surface area contributed by atoms with Gasteiger partial charge in [-0.1, -0.05) is 15.9 Å². The van der Waals surface area contributed by atoms with E-state index in [1.165, 1.54) is 32.1 Å². The lowest BCUT2D eigenvalue weighted by molar-refractivity contribution is 0.112. The van der Waals surface area contributed by atoms with Gasteiger partial charge in [-0.2, -0.15) is 0 Å². The number of carbonyl (C=O) groups is 1. The third-order valence-corrected chi connectivity index (χ3v) is 2.66. The molecule has 0 amide bonds. The largest absolute Gasteiger partial charge is 0.507 e. The number of aldehydes is 1. The van der Waals surface area contributed by atoms with E-state index in [1.807, 2.05) is 0 Å². The standard InChI is InChI=1S/C8H8O3.C5H11BrO/c1-11-7-3-2-6(5-9)8(10)4-7;1-7-5-3-2-4-6/h2-5,10H,1H3;2-5H2,1H3. The Morgan fingerprint density at radius 1 is 1.33 bits per heavy atom. The first-order valence-corrected chi connectivity index (χ1v) is 6.68. The Morgan fingerprint density at radius 2 is 2.06 bits per heavy atom. The molecule has 102 valence electrons. The molecule has 1 N–H and O–H groups in total. The van der Waals surface area contributed by atoms with Crippen LogP contribution in [0.3, 0.4) is 0 Å². The van der Waals surface area contributed by atoms with E-state index in [0.29, 0.717) is 12.0 Å². The second-order valence-electron chi connectivity index (χ2n) is 3.43. The highest BCUT2D eigenvalue weighted by Crippen LogP contribution is 2.21. The summed E-state index contributed by atoms with van der Waals surface area (Å²) in [6.07, 6.45) is 2.98. The number of ether oxygens (including phenoxy) is 2. The summed E-state index contributed by atoms with van der Waals surface area (Å²) in [4.78, 5) is 10.2. The van der Waals surface area contributed by atoms with Gasteiger partial charge >= 0.3 is 0 Å². The average molecular weight is 319 g/mol. The summed E-state index contributed by atoms with van der Waals surface area (Å²) < 4.78 is 9.64. The van der Waals surface area contributed by atoms with Gasteiger partial charge in [-0.05, 0) is 25.0 Å². The topological polar surface area (TPSA) is 55.8 Å². The van der Waals surface area contributed by atoms with Crippen LogP contribution in [0.25, 0.3) is 0 Å². The van der Waals surface area contributed by atoms with Crippen molar-refractivity contribution >= 4 is 22.2 Å². The summed E-state index contributed by atoms with van der Waals surface area (Å²) in [7, 11) is 3.23. The fraction of sp³-hybridized carbons (Fsp3) is 0.462. The third kappa shape index (κ3) is 7.29. The monoisotopic (exact) mass is 318 g/mol. The zero-order valence-electron chi connectivity index (χ0n) is 10.7. The molecule has 4 nitrogen and oxygen atoms in total. The molecule has 1 aromatic carbocycles. The normalized spacial score (nSPS) is 9.28. The van der Waals surface area contributed by atoms with Crippen LogP contribution in [0, 0.1) is 0 Å². The Bertz CT molecular complexity index is 338. The number of methoxy groups -OCH3 is 2. The number of phenols is 1. The van der Waals surface area contributed by atoms with Crippen LogP contribution in [-0.2, 0) is 4.74 Å². The molecule has 5 heteroatoms. The fourth-order valence-electron chi connectivity index (χ4n) is 1.09. The number of halogens is 1. The van der Waals surface area contributed by atoms with Crippen LogP contribution < -0.4 is 4.74 Å². The maximum atomic E-state index is 10.2. The fourth-order valence-corrected chi connectivity index (χ4v) is 1.49. The van der Waals surface area contributed by atoms with Gasteiger partial charge in [-0.15, -0.1) is 0 Å². The Morgan fingerprint density at radius 3 is 2.50 bits per heavy atom. The number of benzene rings is 1. The van der Waals surface area contributed by atoms with E-state index in [1.54, 1.807) is 13.2 Å². The van der Waals surface area contributed by atoms with Gasteiger partial charge in [0.2, 0.25) is 0 Å². The number of rotatable bonds is 6. The second-order valence-corrected chi connectivity index (χ2v) is 4.22. The predicted molar refractivity (Wildman–Crippen MR) is 75.0 cm³/mol. The highest BCUT2D eigenvalue weighted by molar-refractivity contribution is 9.09. The van der Waals surface area contributed by atoms with Gasteiger partial charge in [0, 0.05) is 25.1 Å². The van der Waals surface area contributed by atoms with Crippen LogP contribution in [0.4, 0.5) is 0 Å². The van der Waals surface area contributed by atoms with Crippen molar-refractivity contribution < 1.29 is 19.4 Å². The summed E-state index contributed by atoms with van der Waals surface area (Å²) >= 11 is 3.32. The van der Waals surface area contributed by atoms with Crippen molar-refractivity contribution in [2.24, 2.45) is 0 Å². The van der Waals surface area contributed by atoms with Crippen LogP contribution in [-0.4, -0.2) is 37.5 Å². The van der Waals surface area contributed by atoms with Gasteiger partial charge in [0.1, 0.15) is 11.5 Å². The highest BCUT2D eigenvalue weighted by atomic mass is 79.9. The molecular formula is C13H19BrO4. The zero-order valence-corrected chi connectivity index (χ0v) is 12.3. The Kier molecular flexibility index (Phi) is 10.4. The van der Waals surface area contributed by atoms with Crippen LogP contribution in [0.15, 0.2) is 18.2 Å². The number of alkyl halides is 1.